The Morgan fingerprint density at radius 1 is 0.765 bits per heavy atom. The maximum Gasteiger partial charge on any atom is 0.311 e. The van der Waals surface area contributed by atoms with Gasteiger partial charge in [0.25, 0.3) is 13.8 Å². The van der Waals surface area contributed by atoms with Crippen LogP contribution in [-0.4, -0.2) is 72.5 Å². The van der Waals surface area contributed by atoms with Crippen LogP contribution in [0, 0.1) is 29.5 Å². The van der Waals surface area contributed by atoms with Crippen LogP contribution < -0.4 is 0 Å². The molecule has 13 heteroatoms. The molecule has 8 nitrogen and oxygen atoms in total. The number of aliphatic hydroxyl groups is 2. The number of carbonyl (C=O) groups is 2. The van der Waals surface area contributed by atoms with E-state index in [4.69, 9.17) is 21.1 Å². The first-order valence-electron chi connectivity index (χ1n) is 17.5. The zero-order valence-corrected chi connectivity index (χ0v) is 32.3. The van der Waals surface area contributed by atoms with Gasteiger partial charge in [0.15, 0.2) is 0 Å². The Labute approximate surface area is 316 Å². The summed E-state index contributed by atoms with van der Waals surface area (Å²) in [5, 5.41) is 39.0. The van der Waals surface area contributed by atoms with Crippen molar-refractivity contribution in [2.45, 2.75) is 65.8 Å². The molecule has 3 rings (SSSR count). The van der Waals surface area contributed by atoms with Crippen molar-refractivity contribution in [3.8, 4) is 11.1 Å². The maximum absolute atomic E-state index is 14.1. The van der Waals surface area contributed by atoms with Gasteiger partial charge in [-0.3, -0.25) is 9.59 Å². The predicted molar refractivity (Wildman–Crippen MR) is 206 cm³/mol. The van der Waals surface area contributed by atoms with E-state index < -0.39 is 31.6 Å². The fourth-order valence-electron chi connectivity index (χ4n) is 6.13. The van der Waals surface area contributed by atoms with E-state index >= 15 is 0 Å². The highest BCUT2D eigenvalue weighted by Gasteiger charge is 2.27. The van der Waals surface area contributed by atoms with Crippen LogP contribution in [0.5, 0.6) is 0 Å². The van der Waals surface area contributed by atoms with E-state index in [1.807, 2.05) is 48.5 Å². The molecule has 0 aliphatic rings. The van der Waals surface area contributed by atoms with Gasteiger partial charge in [-0.25, -0.2) is 4.39 Å². The molecule has 51 heavy (non-hydrogen) atoms. The highest BCUT2D eigenvalue weighted by Crippen LogP contribution is 2.29. The van der Waals surface area contributed by atoms with Crippen molar-refractivity contribution in [2.75, 3.05) is 26.4 Å². The molecule has 0 saturated carbocycles. The Hall–Kier alpha value is -2.73. The lowest BCUT2D eigenvalue weighted by Gasteiger charge is -2.22. The maximum atomic E-state index is 14.1. The Morgan fingerprint density at radius 2 is 1.20 bits per heavy atom. The minimum atomic E-state index is -0.612. The first kappa shape index (κ1) is 44.4. The van der Waals surface area contributed by atoms with Gasteiger partial charge in [0.05, 0.1) is 38.3 Å². The molecule has 0 saturated heterocycles. The van der Waals surface area contributed by atoms with Crippen molar-refractivity contribution in [3.63, 3.8) is 0 Å². The van der Waals surface area contributed by atoms with E-state index in [9.17, 15) is 34.2 Å². The third kappa shape index (κ3) is 16.7. The summed E-state index contributed by atoms with van der Waals surface area (Å²) >= 11 is 9.38. The molecule has 0 heterocycles. The molecule has 278 valence electrons. The SMILES string of the molecule is CCOC(=O)[C@H](CO)C[C@H](CB(C)O)Cc1ccc(-c2cc(Cl)ccc2F)cc1.CCOC(=O)[C@H](CO)C[C@H](CB(C)O)Cc1ccc(Br)cc1. The number of rotatable bonds is 19. The first-order valence-corrected chi connectivity index (χ1v) is 18.7. The summed E-state index contributed by atoms with van der Waals surface area (Å²) in [7, 11) is 0. The number of halogens is 3. The summed E-state index contributed by atoms with van der Waals surface area (Å²) in [6.45, 7) is 6.01. The van der Waals surface area contributed by atoms with Crippen molar-refractivity contribution < 1.29 is 43.7 Å². The van der Waals surface area contributed by atoms with E-state index in [2.05, 4.69) is 15.9 Å². The molecule has 3 aromatic carbocycles. The van der Waals surface area contributed by atoms with Crippen LogP contribution in [0.2, 0.25) is 31.3 Å². The topological polar surface area (TPSA) is 134 Å². The molecule has 0 amide bonds. The summed E-state index contributed by atoms with van der Waals surface area (Å²) in [4.78, 5) is 23.9. The number of hydrogen-bond acceptors (Lipinski definition) is 8. The summed E-state index contributed by atoms with van der Waals surface area (Å²) in [5.41, 5.74) is 3.31. The average Bonchev–Trinajstić information content (AvgIpc) is 3.08. The average molecular weight is 792 g/mol. The van der Waals surface area contributed by atoms with E-state index in [0.29, 0.717) is 49.1 Å². The first-order chi connectivity index (χ1) is 24.3. The Balaban J connectivity index is 0.000000368. The molecule has 0 radical (unpaired) electrons. The van der Waals surface area contributed by atoms with Gasteiger partial charge in [0.2, 0.25) is 0 Å². The lowest BCUT2D eigenvalue weighted by Crippen LogP contribution is -2.26. The highest BCUT2D eigenvalue weighted by molar-refractivity contribution is 9.10. The van der Waals surface area contributed by atoms with Gasteiger partial charge in [-0.05, 0) is 111 Å². The lowest BCUT2D eigenvalue weighted by molar-refractivity contribution is -0.151. The molecule has 0 aliphatic carbocycles. The molecule has 0 aromatic heterocycles. The van der Waals surface area contributed by atoms with Crippen molar-refractivity contribution in [2.24, 2.45) is 23.7 Å². The Morgan fingerprint density at radius 3 is 1.59 bits per heavy atom. The van der Waals surface area contributed by atoms with Gasteiger partial charge in [0, 0.05) is 15.1 Å². The van der Waals surface area contributed by atoms with E-state index in [-0.39, 0.29) is 43.4 Å². The quantitative estimate of drug-likeness (QED) is 0.0737. The minimum Gasteiger partial charge on any atom is -0.466 e. The molecular weight excluding hydrogens is 740 g/mol. The molecule has 0 bridgehead atoms. The van der Waals surface area contributed by atoms with Crippen LogP contribution in [0.4, 0.5) is 4.39 Å². The van der Waals surface area contributed by atoms with Crippen molar-refractivity contribution in [1.29, 1.82) is 0 Å². The van der Waals surface area contributed by atoms with Gasteiger partial charge < -0.3 is 29.7 Å². The summed E-state index contributed by atoms with van der Waals surface area (Å²) < 4.78 is 25.1. The number of ether oxygens (including phenoxy) is 2. The molecule has 0 aliphatic heterocycles. The molecule has 4 N–H and O–H groups in total. The lowest BCUT2D eigenvalue weighted by atomic mass is 9.62. The van der Waals surface area contributed by atoms with Crippen molar-refractivity contribution in [1.82, 2.24) is 0 Å². The summed E-state index contributed by atoms with van der Waals surface area (Å²) in [6.07, 6.45) is 3.40. The number of carbonyl (C=O) groups excluding carboxylic acids is 2. The van der Waals surface area contributed by atoms with Crippen LogP contribution in [-0.2, 0) is 31.9 Å². The molecule has 3 aromatic rings. The van der Waals surface area contributed by atoms with Gasteiger partial charge >= 0.3 is 11.9 Å². The normalized spacial score (nSPS) is 13.2. The second-order valence-corrected chi connectivity index (χ2v) is 14.3. The Bertz CT molecular complexity index is 1460. The van der Waals surface area contributed by atoms with Crippen molar-refractivity contribution in [3.05, 3.63) is 93.2 Å². The zero-order valence-electron chi connectivity index (χ0n) is 29.9. The summed E-state index contributed by atoms with van der Waals surface area (Å²) in [5.74, 6) is -2.16. The number of benzene rings is 3. The fraction of sp³-hybridized carbons (Fsp3) is 0.474. The molecule has 4 atom stereocenters. The van der Waals surface area contributed by atoms with Crippen molar-refractivity contribution >= 4 is 53.3 Å². The van der Waals surface area contributed by atoms with Gasteiger partial charge in [-0.15, -0.1) is 0 Å². The van der Waals surface area contributed by atoms with E-state index in [0.717, 1.165) is 27.6 Å². The van der Waals surface area contributed by atoms with Crippen LogP contribution in [0.3, 0.4) is 0 Å². The van der Waals surface area contributed by atoms with Gasteiger partial charge in [0.1, 0.15) is 5.82 Å². The third-order valence-corrected chi connectivity index (χ3v) is 9.18. The number of aliphatic hydroxyl groups excluding tert-OH is 2. The van der Waals surface area contributed by atoms with Crippen LogP contribution in [0.15, 0.2) is 71.2 Å². The third-order valence-electron chi connectivity index (χ3n) is 8.42. The number of esters is 2. The molecule has 0 spiro atoms. The predicted octanol–water partition coefficient (Wildman–Crippen LogP) is 7.26. The second-order valence-electron chi connectivity index (χ2n) is 13.0. The smallest absolute Gasteiger partial charge is 0.311 e. The van der Waals surface area contributed by atoms with Gasteiger partial charge in [-0.1, -0.05) is 77.6 Å². The standard InChI is InChI=1S/C22H27BClFO4.C16H24BBrO4/c1-3-29-22(27)18(14-26)11-16(13-23(2)28)10-15-4-6-17(7-5-15)20-12-19(24)8-9-21(20)25;1-3-22-16(20)14(11-19)9-13(10-17(2)21)8-12-4-6-15(18)7-5-12/h4-9,12,16,18,26,28H,3,10-11,13-14H2,1-2H3;4-7,13-14,19,21H,3,8-11H2,1-2H3/t16-,18+;13-,14+/m11/s1. The van der Waals surface area contributed by atoms with Crippen LogP contribution in [0.25, 0.3) is 11.1 Å². The van der Waals surface area contributed by atoms with Crippen LogP contribution >= 0.6 is 27.5 Å². The highest BCUT2D eigenvalue weighted by atomic mass is 79.9. The fourth-order valence-corrected chi connectivity index (χ4v) is 6.57. The van der Waals surface area contributed by atoms with E-state index in [1.165, 1.54) is 12.1 Å². The monoisotopic (exact) mass is 790 g/mol. The Kier molecular flexibility index (Phi) is 20.7. The zero-order chi connectivity index (χ0) is 37.9. The second kappa shape index (κ2) is 23.8. The van der Waals surface area contributed by atoms with Crippen LogP contribution in [0.1, 0.15) is 37.8 Å². The molecule has 0 unspecified atom stereocenters. The van der Waals surface area contributed by atoms with Gasteiger partial charge in [-0.2, -0.15) is 0 Å². The summed E-state index contributed by atoms with van der Waals surface area (Å²) in [6, 6.07) is 19.9. The molecular formula is C38H51B2BrClFO8. The largest absolute Gasteiger partial charge is 0.466 e. The van der Waals surface area contributed by atoms with E-state index in [1.54, 1.807) is 33.6 Å². The molecule has 0 fully saturated rings. The number of hydrogen-bond donors (Lipinski definition) is 4. The minimum absolute atomic E-state index is 0.00897.